The van der Waals surface area contributed by atoms with Crippen LogP contribution in [-0.4, -0.2) is 44.8 Å². The summed E-state index contributed by atoms with van der Waals surface area (Å²) < 4.78 is 5.29. The Balaban J connectivity index is 1.64. The number of non-ortho nitro benzene ring substituents is 1. The average Bonchev–Trinajstić information content (AvgIpc) is 3.18. The molecule has 11 heteroatoms. The molecule has 1 amide bonds. The number of rotatable bonds is 7. The third-order valence-corrected chi connectivity index (χ3v) is 5.07. The molecule has 1 aliphatic rings. The maximum Gasteiger partial charge on any atom is 0.410 e. The minimum absolute atomic E-state index is 0.0236. The van der Waals surface area contributed by atoms with Gasteiger partial charge in [-0.05, 0) is 40.8 Å². The lowest BCUT2D eigenvalue weighted by molar-refractivity contribution is -0.384. The van der Waals surface area contributed by atoms with Crippen molar-refractivity contribution in [1.82, 2.24) is 4.90 Å². The number of carbonyl (C=O) groups excluding carboxylic acids is 1. The smallest absolute Gasteiger partial charge is 0.410 e. The lowest BCUT2D eigenvalue weighted by Gasteiger charge is -2.28. The SMILES string of the molecule is [N-]=[N+]=NCc1ccc([C@H](O)[C@@H]2C[C@@H](O)CN2C(=O)OCc2ccc([N+](=O)[O-])cc2)cc1. The van der Waals surface area contributed by atoms with Gasteiger partial charge in [-0.2, -0.15) is 0 Å². The summed E-state index contributed by atoms with van der Waals surface area (Å²) in [7, 11) is 0. The quantitative estimate of drug-likeness (QED) is 0.227. The number of ether oxygens (including phenoxy) is 1. The van der Waals surface area contributed by atoms with Crippen LogP contribution in [-0.2, 0) is 17.9 Å². The Bertz CT molecular complexity index is 975. The molecule has 1 heterocycles. The van der Waals surface area contributed by atoms with Crippen LogP contribution in [0.2, 0.25) is 0 Å². The average molecular weight is 427 g/mol. The predicted octanol–water partition coefficient (Wildman–Crippen LogP) is 3.21. The van der Waals surface area contributed by atoms with Crippen LogP contribution in [0.3, 0.4) is 0 Å². The largest absolute Gasteiger partial charge is 0.445 e. The summed E-state index contributed by atoms with van der Waals surface area (Å²) in [5, 5.41) is 35.0. The fourth-order valence-corrected chi connectivity index (χ4v) is 3.45. The number of nitro benzene ring substituents is 1. The van der Waals surface area contributed by atoms with Gasteiger partial charge in [0.25, 0.3) is 5.69 Å². The van der Waals surface area contributed by atoms with Gasteiger partial charge in [0.2, 0.25) is 0 Å². The number of aliphatic hydroxyl groups excluding tert-OH is 2. The van der Waals surface area contributed by atoms with Gasteiger partial charge in [0.05, 0.1) is 36.3 Å². The number of nitrogens with zero attached hydrogens (tertiary/aromatic N) is 5. The molecule has 2 aromatic carbocycles. The maximum absolute atomic E-state index is 12.6. The molecule has 0 bridgehead atoms. The number of β-amino-alcohol motifs (C(OH)–C–C–N with tert-alkyl or cyclic N) is 1. The van der Waals surface area contributed by atoms with Gasteiger partial charge in [-0.1, -0.05) is 29.4 Å². The number of aliphatic hydroxyl groups is 2. The summed E-state index contributed by atoms with van der Waals surface area (Å²) in [6.45, 7) is 0.117. The van der Waals surface area contributed by atoms with E-state index in [1.807, 2.05) is 0 Å². The van der Waals surface area contributed by atoms with E-state index in [-0.39, 0.29) is 31.8 Å². The number of benzene rings is 2. The first-order chi connectivity index (χ1) is 14.9. The molecule has 0 spiro atoms. The molecule has 162 valence electrons. The van der Waals surface area contributed by atoms with E-state index < -0.39 is 29.3 Å². The second-order valence-corrected chi connectivity index (χ2v) is 7.16. The fraction of sp³-hybridized carbons (Fsp3) is 0.350. The van der Waals surface area contributed by atoms with E-state index in [0.29, 0.717) is 11.1 Å². The summed E-state index contributed by atoms with van der Waals surface area (Å²) >= 11 is 0. The third kappa shape index (κ3) is 5.48. The van der Waals surface area contributed by atoms with Crippen LogP contribution in [0.4, 0.5) is 10.5 Å². The Hall–Kier alpha value is -3.66. The van der Waals surface area contributed by atoms with Gasteiger partial charge in [0.15, 0.2) is 0 Å². The summed E-state index contributed by atoms with van der Waals surface area (Å²) in [6, 6.07) is 11.7. The van der Waals surface area contributed by atoms with Gasteiger partial charge in [0.1, 0.15) is 6.61 Å². The van der Waals surface area contributed by atoms with E-state index in [0.717, 1.165) is 5.56 Å². The van der Waals surface area contributed by atoms with Gasteiger partial charge in [-0.3, -0.25) is 15.0 Å². The molecule has 11 nitrogen and oxygen atoms in total. The molecule has 0 unspecified atom stereocenters. The van der Waals surface area contributed by atoms with Crippen molar-refractivity contribution in [2.24, 2.45) is 5.11 Å². The van der Waals surface area contributed by atoms with Crippen LogP contribution in [0.15, 0.2) is 53.6 Å². The van der Waals surface area contributed by atoms with Crippen molar-refractivity contribution in [1.29, 1.82) is 0 Å². The van der Waals surface area contributed by atoms with Crippen molar-refractivity contribution >= 4 is 11.8 Å². The van der Waals surface area contributed by atoms with Crippen LogP contribution < -0.4 is 0 Å². The maximum atomic E-state index is 12.6. The molecule has 1 fully saturated rings. The number of amides is 1. The molecule has 2 aromatic rings. The second kappa shape index (κ2) is 9.90. The zero-order valence-electron chi connectivity index (χ0n) is 16.4. The zero-order chi connectivity index (χ0) is 22.4. The standard InChI is InChI=1S/C20H21N5O6/c21-23-22-10-13-1-5-15(6-2-13)19(27)18-9-17(26)11-24(18)20(28)31-12-14-3-7-16(8-4-14)25(29)30/h1-8,17-19,26-27H,9-12H2/t17-,18+,19+/m1/s1. The van der Waals surface area contributed by atoms with Crippen LogP contribution in [0.25, 0.3) is 10.4 Å². The molecule has 2 N–H and O–H groups in total. The highest BCUT2D eigenvalue weighted by atomic mass is 16.6. The Morgan fingerprint density at radius 2 is 1.90 bits per heavy atom. The van der Waals surface area contributed by atoms with Crippen LogP contribution in [0.5, 0.6) is 0 Å². The number of hydrogen-bond acceptors (Lipinski definition) is 7. The van der Waals surface area contributed by atoms with Crippen LogP contribution in [0, 0.1) is 10.1 Å². The minimum atomic E-state index is -1.04. The van der Waals surface area contributed by atoms with Gasteiger partial charge < -0.3 is 14.9 Å². The van der Waals surface area contributed by atoms with Crippen molar-refractivity contribution in [2.75, 3.05) is 6.54 Å². The third-order valence-electron chi connectivity index (χ3n) is 5.07. The van der Waals surface area contributed by atoms with Crippen molar-refractivity contribution in [3.63, 3.8) is 0 Å². The summed E-state index contributed by atoms with van der Waals surface area (Å²) in [5.41, 5.74) is 10.2. The topological polar surface area (TPSA) is 162 Å². The first kappa shape index (κ1) is 22.0. The van der Waals surface area contributed by atoms with E-state index in [1.165, 1.54) is 29.2 Å². The molecule has 0 radical (unpaired) electrons. The van der Waals surface area contributed by atoms with Crippen LogP contribution in [0.1, 0.15) is 29.2 Å². The number of nitro groups is 1. The molecular formula is C20H21N5O6. The highest BCUT2D eigenvalue weighted by Gasteiger charge is 2.40. The van der Waals surface area contributed by atoms with Crippen molar-refractivity contribution in [3.05, 3.63) is 85.8 Å². The number of azide groups is 1. The lowest BCUT2D eigenvalue weighted by Crippen LogP contribution is -2.39. The zero-order valence-corrected chi connectivity index (χ0v) is 16.4. The monoisotopic (exact) mass is 427 g/mol. The van der Waals surface area contributed by atoms with E-state index in [4.69, 9.17) is 10.3 Å². The highest BCUT2D eigenvalue weighted by Crippen LogP contribution is 2.30. The van der Waals surface area contributed by atoms with Crippen molar-refractivity contribution in [2.45, 2.75) is 37.8 Å². The molecule has 3 rings (SSSR count). The van der Waals surface area contributed by atoms with Crippen molar-refractivity contribution in [3.8, 4) is 0 Å². The fourth-order valence-electron chi connectivity index (χ4n) is 3.45. The molecular weight excluding hydrogens is 406 g/mol. The van der Waals surface area contributed by atoms with E-state index in [1.54, 1.807) is 24.3 Å². The van der Waals surface area contributed by atoms with Gasteiger partial charge in [-0.25, -0.2) is 4.79 Å². The van der Waals surface area contributed by atoms with Gasteiger partial charge >= 0.3 is 6.09 Å². The predicted molar refractivity (Wildman–Crippen MR) is 109 cm³/mol. The molecule has 0 aromatic heterocycles. The summed E-state index contributed by atoms with van der Waals surface area (Å²) in [4.78, 5) is 26.8. The first-order valence-corrected chi connectivity index (χ1v) is 9.51. The normalized spacial score (nSPS) is 18.8. The number of likely N-dealkylation sites (tertiary alicyclic amines) is 1. The van der Waals surface area contributed by atoms with Gasteiger partial charge in [0, 0.05) is 17.0 Å². The van der Waals surface area contributed by atoms with Crippen molar-refractivity contribution < 1.29 is 24.7 Å². The summed E-state index contributed by atoms with van der Waals surface area (Å²) in [6.07, 6.45) is -2.35. The molecule has 1 saturated heterocycles. The Labute approximate surface area is 177 Å². The van der Waals surface area contributed by atoms with E-state index in [2.05, 4.69) is 10.0 Å². The molecule has 31 heavy (non-hydrogen) atoms. The minimum Gasteiger partial charge on any atom is -0.445 e. The first-order valence-electron chi connectivity index (χ1n) is 9.51. The second-order valence-electron chi connectivity index (χ2n) is 7.16. The van der Waals surface area contributed by atoms with E-state index in [9.17, 15) is 25.1 Å². The molecule has 1 aliphatic heterocycles. The van der Waals surface area contributed by atoms with Crippen LogP contribution >= 0.6 is 0 Å². The Kier molecular flexibility index (Phi) is 7.03. The Morgan fingerprint density at radius 3 is 2.52 bits per heavy atom. The number of hydrogen-bond donors (Lipinski definition) is 2. The van der Waals surface area contributed by atoms with Gasteiger partial charge in [-0.15, -0.1) is 0 Å². The highest BCUT2D eigenvalue weighted by molar-refractivity contribution is 5.68. The van der Waals surface area contributed by atoms with E-state index >= 15 is 0 Å². The number of carbonyl (C=O) groups is 1. The molecule has 0 aliphatic carbocycles. The lowest BCUT2D eigenvalue weighted by atomic mass is 9.99. The Morgan fingerprint density at radius 1 is 1.26 bits per heavy atom. The molecule has 0 saturated carbocycles. The molecule has 3 atom stereocenters. The summed E-state index contributed by atoms with van der Waals surface area (Å²) in [5.74, 6) is 0.